The van der Waals surface area contributed by atoms with Gasteiger partial charge in [-0.15, -0.1) is 0 Å². The van der Waals surface area contributed by atoms with Crippen LogP contribution < -0.4 is 15.5 Å². The highest BCUT2D eigenvalue weighted by molar-refractivity contribution is 5.94. The van der Waals surface area contributed by atoms with Crippen molar-refractivity contribution >= 4 is 17.4 Å². The van der Waals surface area contributed by atoms with Crippen molar-refractivity contribution in [2.24, 2.45) is 0 Å². The molecule has 1 atom stereocenters. The Bertz CT molecular complexity index is 1090. The molecule has 0 spiro atoms. The lowest BCUT2D eigenvalue weighted by molar-refractivity contribution is -0.118. The molecule has 168 valence electrons. The van der Waals surface area contributed by atoms with Crippen molar-refractivity contribution in [1.82, 2.24) is 10.3 Å². The molecule has 1 aromatic heterocycles. The fourth-order valence-electron chi connectivity index (χ4n) is 3.76. The molecule has 0 unspecified atom stereocenters. The van der Waals surface area contributed by atoms with E-state index in [-0.39, 0.29) is 12.0 Å². The highest BCUT2D eigenvalue weighted by Gasteiger charge is 2.27. The van der Waals surface area contributed by atoms with Gasteiger partial charge in [0, 0.05) is 26.7 Å². The van der Waals surface area contributed by atoms with Gasteiger partial charge in [-0.3, -0.25) is 4.79 Å². The average molecular weight is 442 g/mol. The van der Waals surface area contributed by atoms with E-state index < -0.39 is 6.04 Å². The minimum atomic E-state index is -0.510. The predicted molar refractivity (Wildman–Crippen MR) is 128 cm³/mol. The van der Waals surface area contributed by atoms with E-state index in [9.17, 15) is 4.79 Å². The SMILES string of the molecule is COC1CN(c2ccc(NC(=O)[C@@H](NCCc3ccc(C#N)cc3)c3ccccc3)nc2)C1. The van der Waals surface area contributed by atoms with Gasteiger partial charge < -0.3 is 20.3 Å². The van der Waals surface area contributed by atoms with Crippen molar-refractivity contribution in [3.63, 3.8) is 0 Å². The Balaban J connectivity index is 1.38. The predicted octanol–water partition coefficient (Wildman–Crippen LogP) is 3.30. The standard InChI is InChI=1S/C26H27N5O2/c1-33-23-17-31(18-23)22-11-12-24(29-16-22)30-26(32)25(21-5-3-2-4-6-21)28-14-13-19-7-9-20(15-27)10-8-19/h2-12,16,23,25,28H,13-14,17-18H2,1H3,(H,29,30,32)/t25-/m0/s1. The van der Waals surface area contributed by atoms with Crippen molar-refractivity contribution in [3.05, 3.63) is 89.6 Å². The molecule has 7 heteroatoms. The Morgan fingerprint density at radius 2 is 1.91 bits per heavy atom. The molecular formula is C26H27N5O2. The topological polar surface area (TPSA) is 90.3 Å². The van der Waals surface area contributed by atoms with Crippen LogP contribution in [0.25, 0.3) is 0 Å². The molecule has 1 amide bonds. The first-order valence-electron chi connectivity index (χ1n) is 11.0. The van der Waals surface area contributed by atoms with E-state index in [1.54, 1.807) is 13.3 Å². The van der Waals surface area contributed by atoms with Gasteiger partial charge in [-0.1, -0.05) is 42.5 Å². The second kappa shape index (κ2) is 10.7. The maximum atomic E-state index is 13.1. The van der Waals surface area contributed by atoms with Gasteiger partial charge in [0.2, 0.25) is 5.91 Å². The minimum absolute atomic E-state index is 0.162. The first-order valence-corrected chi connectivity index (χ1v) is 11.0. The number of methoxy groups -OCH3 is 1. The number of pyridine rings is 1. The Morgan fingerprint density at radius 3 is 2.55 bits per heavy atom. The van der Waals surface area contributed by atoms with Gasteiger partial charge in [-0.05, 0) is 41.8 Å². The molecule has 3 aromatic rings. The quantitative estimate of drug-likeness (QED) is 0.530. The van der Waals surface area contributed by atoms with E-state index in [0.29, 0.717) is 17.9 Å². The molecule has 7 nitrogen and oxygen atoms in total. The maximum absolute atomic E-state index is 13.1. The fraction of sp³-hybridized carbons (Fsp3) is 0.269. The highest BCUT2D eigenvalue weighted by Crippen LogP contribution is 2.23. The zero-order valence-electron chi connectivity index (χ0n) is 18.6. The molecule has 1 aliphatic heterocycles. The molecular weight excluding hydrogens is 414 g/mol. The summed E-state index contributed by atoms with van der Waals surface area (Å²) in [4.78, 5) is 19.7. The molecule has 0 saturated carbocycles. The lowest BCUT2D eigenvalue weighted by Crippen LogP contribution is -2.51. The van der Waals surface area contributed by atoms with Gasteiger partial charge in [-0.2, -0.15) is 5.26 Å². The molecule has 2 aromatic carbocycles. The van der Waals surface area contributed by atoms with Crippen LogP contribution in [0.1, 0.15) is 22.7 Å². The van der Waals surface area contributed by atoms with Crippen molar-refractivity contribution in [2.45, 2.75) is 18.6 Å². The number of hydrogen-bond donors (Lipinski definition) is 2. The molecule has 1 fully saturated rings. The second-order valence-electron chi connectivity index (χ2n) is 8.01. The normalized spacial score (nSPS) is 14.2. The number of nitrogens with zero attached hydrogens (tertiary/aromatic N) is 3. The fourth-order valence-corrected chi connectivity index (χ4v) is 3.76. The molecule has 2 heterocycles. The summed E-state index contributed by atoms with van der Waals surface area (Å²) in [5.41, 5.74) is 3.64. The van der Waals surface area contributed by atoms with E-state index in [1.807, 2.05) is 66.7 Å². The third kappa shape index (κ3) is 5.75. The molecule has 1 aliphatic rings. The number of carbonyl (C=O) groups excluding carboxylic acids is 1. The van der Waals surface area contributed by atoms with Gasteiger partial charge in [0.25, 0.3) is 0 Å². The summed E-state index contributed by atoms with van der Waals surface area (Å²) in [6, 6.07) is 22.5. The van der Waals surface area contributed by atoms with Gasteiger partial charge in [0.05, 0.1) is 29.6 Å². The summed E-state index contributed by atoms with van der Waals surface area (Å²) >= 11 is 0. The van der Waals surface area contributed by atoms with Crippen molar-refractivity contribution in [2.75, 3.05) is 37.0 Å². The Kier molecular flexibility index (Phi) is 7.30. The van der Waals surface area contributed by atoms with Crippen LogP contribution in [0, 0.1) is 11.3 Å². The summed E-state index contributed by atoms with van der Waals surface area (Å²) in [6.07, 6.45) is 2.79. The van der Waals surface area contributed by atoms with Gasteiger partial charge in [0.15, 0.2) is 0 Å². The Labute approximate surface area is 194 Å². The number of amides is 1. The Morgan fingerprint density at radius 1 is 1.15 bits per heavy atom. The number of anilines is 2. The van der Waals surface area contributed by atoms with Crippen LogP contribution in [0.5, 0.6) is 0 Å². The monoisotopic (exact) mass is 441 g/mol. The summed E-state index contributed by atoms with van der Waals surface area (Å²) in [6.45, 7) is 2.31. The number of benzene rings is 2. The van der Waals surface area contributed by atoms with Crippen LogP contribution in [0.2, 0.25) is 0 Å². The molecule has 1 saturated heterocycles. The largest absolute Gasteiger partial charge is 0.378 e. The average Bonchev–Trinajstić information content (AvgIpc) is 2.83. The van der Waals surface area contributed by atoms with Crippen LogP contribution in [0.15, 0.2) is 72.9 Å². The minimum Gasteiger partial charge on any atom is -0.378 e. The number of ether oxygens (including phenoxy) is 1. The third-order valence-corrected chi connectivity index (χ3v) is 5.79. The lowest BCUT2D eigenvalue weighted by atomic mass is 10.1. The number of hydrogen-bond acceptors (Lipinski definition) is 6. The van der Waals surface area contributed by atoms with E-state index in [1.165, 1.54) is 0 Å². The van der Waals surface area contributed by atoms with Crippen LogP contribution in [-0.4, -0.2) is 43.7 Å². The van der Waals surface area contributed by atoms with Crippen molar-refractivity contribution in [1.29, 1.82) is 5.26 Å². The van der Waals surface area contributed by atoms with Gasteiger partial charge in [-0.25, -0.2) is 4.98 Å². The van der Waals surface area contributed by atoms with Crippen LogP contribution >= 0.6 is 0 Å². The molecule has 2 N–H and O–H groups in total. The molecule has 0 bridgehead atoms. The molecule has 4 rings (SSSR count). The summed E-state index contributed by atoms with van der Waals surface area (Å²) < 4.78 is 5.31. The zero-order valence-corrected chi connectivity index (χ0v) is 18.6. The van der Waals surface area contributed by atoms with Crippen LogP contribution in [0.3, 0.4) is 0 Å². The van der Waals surface area contributed by atoms with E-state index in [2.05, 4.69) is 26.6 Å². The van der Waals surface area contributed by atoms with E-state index >= 15 is 0 Å². The zero-order chi connectivity index (χ0) is 23.0. The van der Waals surface area contributed by atoms with Gasteiger partial charge >= 0.3 is 0 Å². The third-order valence-electron chi connectivity index (χ3n) is 5.79. The van der Waals surface area contributed by atoms with Crippen molar-refractivity contribution < 1.29 is 9.53 Å². The molecule has 33 heavy (non-hydrogen) atoms. The summed E-state index contributed by atoms with van der Waals surface area (Å²) in [5.74, 6) is 0.354. The number of aromatic nitrogens is 1. The van der Waals surface area contributed by atoms with E-state index in [4.69, 9.17) is 10.00 Å². The maximum Gasteiger partial charge on any atom is 0.247 e. The smallest absolute Gasteiger partial charge is 0.247 e. The number of carbonyl (C=O) groups is 1. The molecule has 0 aliphatic carbocycles. The lowest BCUT2D eigenvalue weighted by Gasteiger charge is -2.39. The first kappa shape index (κ1) is 22.5. The van der Waals surface area contributed by atoms with Crippen LogP contribution in [-0.2, 0) is 16.0 Å². The number of rotatable bonds is 9. The van der Waals surface area contributed by atoms with Crippen LogP contribution in [0.4, 0.5) is 11.5 Å². The first-order chi connectivity index (χ1) is 16.2. The molecule has 0 radical (unpaired) electrons. The second-order valence-corrected chi connectivity index (χ2v) is 8.01. The Hall–Kier alpha value is -3.73. The number of nitriles is 1. The van der Waals surface area contributed by atoms with E-state index in [0.717, 1.165) is 36.3 Å². The van der Waals surface area contributed by atoms with Crippen molar-refractivity contribution in [3.8, 4) is 6.07 Å². The summed E-state index contributed by atoms with van der Waals surface area (Å²) in [7, 11) is 1.72. The van der Waals surface area contributed by atoms with Gasteiger partial charge in [0.1, 0.15) is 11.9 Å². The summed E-state index contributed by atoms with van der Waals surface area (Å²) in [5, 5.41) is 15.2. The number of nitrogens with one attached hydrogen (secondary N) is 2. The highest BCUT2D eigenvalue weighted by atomic mass is 16.5.